The number of rotatable bonds is 2. The van der Waals surface area contributed by atoms with E-state index in [2.05, 4.69) is 45.0 Å². The van der Waals surface area contributed by atoms with Crippen LogP contribution in [0.2, 0.25) is 0 Å². The van der Waals surface area contributed by atoms with Crippen molar-refractivity contribution in [1.82, 2.24) is 0 Å². The monoisotopic (exact) mass is 299 g/mol. The number of hydrogen-bond donors (Lipinski definition) is 1. The fraction of sp³-hybridized carbons (Fsp3) is 0.600. The van der Waals surface area contributed by atoms with Crippen molar-refractivity contribution in [2.24, 2.45) is 5.41 Å². The van der Waals surface area contributed by atoms with E-state index in [0.29, 0.717) is 5.41 Å². The number of anilines is 1. The molecule has 2 aliphatic rings. The van der Waals surface area contributed by atoms with Gasteiger partial charge in [0.2, 0.25) is 0 Å². The minimum atomic E-state index is 0.231. The van der Waals surface area contributed by atoms with Crippen LogP contribution in [-0.2, 0) is 10.2 Å². The van der Waals surface area contributed by atoms with Crippen LogP contribution < -0.4 is 5.73 Å². The highest BCUT2D eigenvalue weighted by molar-refractivity contribution is 5.76. The van der Waals surface area contributed by atoms with Gasteiger partial charge in [-0.15, -0.1) is 0 Å². The van der Waals surface area contributed by atoms with Crippen LogP contribution in [0.3, 0.4) is 0 Å². The molecule has 120 valence electrons. The molecule has 2 nitrogen and oxygen atoms in total. The highest BCUT2D eigenvalue weighted by atomic mass is 16.5. The molecular weight excluding hydrogens is 270 g/mol. The van der Waals surface area contributed by atoms with Gasteiger partial charge in [0.25, 0.3) is 0 Å². The summed E-state index contributed by atoms with van der Waals surface area (Å²) < 4.78 is 5.54. The Morgan fingerprint density at radius 2 is 1.77 bits per heavy atom. The Morgan fingerprint density at radius 1 is 1.05 bits per heavy atom. The molecule has 0 radical (unpaired) electrons. The van der Waals surface area contributed by atoms with Gasteiger partial charge in [0.05, 0.1) is 0 Å². The van der Waals surface area contributed by atoms with Crippen molar-refractivity contribution in [2.75, 3.05) is 18.9 Å². The smallest absolute Gasteiger partial charge is 0.0474 e. The summed E-state index contributed by atoms with van der Waals surface area (Å²) in [6, 6.07) is 6.67. The van der Waals surface area contributed by atoms with Crippen LogP contribution in [0.1, 0.15) is 64.0 Å². The first-order valence-electron chi connectivity index (χ1n) is 8.57. The zero-order valence-electron chi connectivity index (χ0n) is 14.2. The molecule has 0 amide bonds. The van der Waals surface area contributed by atoms with Gasteiger partial charge in [-0.25, -0.2) is 0 Å². The quantitative estimate of drug-likeness (QED) is 0.786. The number of nitrogen functional groups attached to an aromatic ring is 1. The summed E-state index contributed by atoms with van der Waals surface area (Å²) in [4.78, 5) is 0. The average molecular weight is 299 g/mol. The summed E-state index contributed by atoms with van der Waals surface area (Å²) in [5.41, 5.74) is 12.0. The summed E-state index contributed by atoms with van der Waals surface area (Å²) in [5.74, 6) is 0. The minimum absolute atomic E-state index is 0.231. The lowest BCUT2D eigenvalue weighted by molar-refractivity contribution is 0.0564. The van der Waals surface area contributed by atoms with Crippen molar-refractivity contribution >= 4 is 11.3 Å². The molecule has 1 fully saturated rings. The van der Waals surface area contributed by atoms with Gasteiger partial charge in [0, 0.05) is 24.5 Å². The van der Waals surface area contributed by atoms with Crippen molar-refractivity contribution in [2.45, 2.75) is 58.3 Å². The Bertz CT molecular complexity index is 579. The van der Waals surface area contributed by atoms with Crippen molar-refractivity contribution in [3.8, 4) is 0 Å². The minimum Gasteiger partial charge on any atom is -0.398 e. The summed E-state index contributed by atoms with van der Waals surface area (Å²) in [6.07, 6.45) is 8.14. The zero-order chi connectivity index (χ0) is 15.8. The second-order valence-electron chi connectivity index (χ2n) is 8.07. The molecule has 1 aromatic rings. The average Bonchev–Trinajstić information content (AvgIpc) is 2.49. The van der Waals surface area contributed by atoms with Crippen molar-refractivity contribution in [3.05, 3.63) is 35.4 Å². The molecule has 0 atom stereocenters. The largest absolute Gasteiger partial charge is 0.398 e. The molecule has 0 saturated carbocycles. The lowest BCUT2D eigenvalue weighted by Crippen LogP contribution is -2.30. The highest BCUT2D eigenvalue weighted by Crippen LogP contribution is 2.41. The summed E-state index contributed by atoms with van der Waals surface area (Å²) in [6.45, 7) is 8.80. The molecule has 1 aliphatic heterocycles. The lowest BCUT2D eigenvalue weighted by Gasteiger charge is -2.35. The van der Waals surface area contributed by atoms with E-state index in [1.165, 1.54) is 23.1 Å². The Labute approximate surface area is 134 Å². The molecule has 2 heteroatoms. The third-order valence-corrected chi connectivity index (χ3v) is 5.66. The molecular formula is C20H29NO. The van der Waals surface area contributed by atoms with Gasteiger partial charge in [0.15, 0.2) is 0 Å². The molecule has 0 unspecified atom stereocenters. The first-order chi connectivity index (χ1) is 10.4. The first-order valence-corrected chi connectivity index (χ1v) is 8.57. The van der Waals surface area contributed by atoms with E-state index in [1.54, 1.807) is 0 Å². The lowest BCUT2D eigenvalue weighted by atomic mass is 9.73. The maximum atomic E-state index is 6.30. The standard InChI is InChI=1S/C20H29NO/c1-19(2)8-6-15(7-9-19)17-14-16(4-5-18(17)21)20(3)10-12-22-13-11-20/h4-6,14H,7-13,21H2,1-3H3. The topological polar surface area (TPSA) is 35.2 Å². The Kier molecular flexibility index (Phi) is 4.07. The number of ether oxygens (including phenoxy) is 1. The van der Waals surface area contributed by atoms with Crippen molar-refractivity contribution < 1.29 is 4.74 Å². The summed E-state index contributed by atoms with van der Waals surface area (Å²) in [5, 5.41) is 0. The van der Waals surface area contributed by atoms with E-state index < -0.39 is 0 Å². The van der Waals surface area contributed by atoms with Crippen LogP contribution in [0.25, 0.3) is 5.57 Å². The summed E-state index contributed by atoms with van der Waals surface area (Å²) in [7, 11) is 0. The fourth-order valence-electron chi connectivity index (χ4n) is 3.64. The van der Waals surface area contributed by atoms with Gasteiger partial charge in [-0.3, -0.25) is 0 Å². The third-order valence-electron chi connectivity index (χ3n) is 5.66. The van der Waals surface area contributed by atoms with Crippen LogP contribution in [0, 0.1) is 5.41 Å². The number of hydrogen-bond acceptors (Lipinski definition) is 2. The van der Waals surface area contributed by atoms with Crippen LogP contribution >= 0.6 is 0 Å². The van der Waals surface area contributed by atoms with Crippen LogP contribution in [0.4, 0.5) is 5.69 Å². The molecule has 2 N–H and O–H groups in total. The normalized spacial score (nSPS) is 23.9. The summed E-state index contributed by atoms with van der Waals surface area (Å²) >= 11 is 0. The molecule has 1 heterocycles. The van der Waals surface area contributed by atoms with Gasteiger partial charge < -0.3 is 10.5 Å². The fourth-order valence-corrected chi connectivity index (χ4v) is 3.64. The predicted octanol–water partition coefficient (Wildman–Crippen LogP) is 4.93. The van der Waals surface area contributed by atoms with E-state index in [0.717, 1.165) is 44.6 Å². The van der Waals surface area contributed by atoms with E-state index in [1.807, 2.05) is 0 Å². The van der Waals surface area contributed by atoms with Gasteiger partial charge in [-0.05, 0) is 66.2 Å². The number of allylic oxidation sites excluding steroid dienone is 2. The number of nitrogens with two attached hydrogens (primary N) is 1. The van der Waals surface area contributed by atoms with Crippen LogP contribution in [0.5, 0.6) is 0 Å². The number of benzene rings is 1. The van der Waals surface area contributed by atoms with E-state index in [4.69, 9.17) is 10.5 Å². The highest BCUT2D eigenvalue weighted by Gasteiger charge is 2.30. The molecule has 22 heavy (non-hydrogen) atoms. The Balaban J connectivity index is 1.92. The zero-order valence-corrected chi connectivity index (χ0v) is 14.2. The van der Waals surface area contributed by atoms with Crippen LogP contribution in [-0.4, -0.2) is 13.2 Å². The van der Waals surface area contributed by atoms with E-state index in [9.17, 15) is 0 Å². The Morgan fingerprint density at radius 3 is 2.41 bits per heavy atom. The second kappa shape index (κ2) is 5.73. The molecule has 0 spiro atoms. The molecule has 0 bridgehead atoms. The molecule has 1 aliphatic carbocycles. The van der Waals surface area contributed by atoms with Crippen molar-refractivity contribution in [1.29, 1.82) is 0 Å². The second-order valence-corrected chi connectivity index (χ2v) is 8.07. The van der Waals surface area contributed by atoms with Gasteiger partial charge in [-0.1, -0.05) is 32.9 Å². The van der Waals surface area contributed by atoms with Gasteiger partial charge in [-0.2, -0.15) is 0 Å². The van der Waals surface area contributed by atoms with Gasteiger partial charge >= 0.3 is 0 Å². The van der Waals surface area contributed by atoms with Crippen LogP contribution in [0.15, 0.2) is 24.3 Å². The molecule has 0 aromatic heterocycles. The SMILES string of the molecule is CC1(C)CC=C(c2cc(C3(C)CCOCC3)ccc2N)CC1. The molecule has 1 saturated heterocycles. The van der Waals surface area contributed by atoms with Gasteiger partial charge in [0.1, 0.15) is 0 Å². The molecule has 3 rings (SSSR count). The maximum absolute atomic E-state index is 6.30. The maximum Gasteiger partial charge on any atom is 0.0474 e. The predicted molar refractivity (Wildman–Crippen MR) is 93.9 cm³/mol. The Hall–Kier alpha value is -1.28. The van der Waals surface area contributed by atoms with E-state index >= 15 is 0 Å². The van der Waals surface area contributed by atoms with E-state index in [-0.39, 0.29) is 5.41 Å². The third kappa shape index (κ3) is 3.08. The first kappa shape index (κ1) is 15.6. The molecule has 1 aromatic carbocycles. The van der Waals surface area contributed by atoms with Crippen molar-refractivity contribution in [3.63, 3.8) is 0 Å².